The van der Waals surface area contributed by atoms with Gasteiger partial charge >= 0.3 is 0 Å². The number of nitro benzene ring substituents is 1. The largest absolute Gasteiger partial charge is 0.339 e. The minimum atomic E-state index is -0.492. The van der Waals surface area contributed by atoms with Crippen molar-refractivity contribution in [1.82, 2.24) is 4.90 Å². The van der Waals surface area contributed by atoms with Crippen LogP contribution in [-0.2, 0) is 4.79 Å². The van der Waals surface area contributed by atoms with E-state index >= 15 is 0 Å². The second kappa shape index (κ2) is 8.27. The maximum Gasteiger partial charge on any atom is 0.276 e. The third kappa shape index (κ3) is 4.58. The summed E-state index contributed by atoms with van der Waals surface area (Å²) in [5.41, 5.74) is 1.42. The lowest BCUT2D eigenvalue weighted by Crippen LogP contribution is -2.27. The molecule has 7 heteroatoms. The smallest absolute Gasteiger partial charge is 0.276 e. The molecule has 0 radical (unpaired) electrons. The molecule has 1 fully saturated rings. The fourth-order valence-electron chi connectivity index (χ4n) is 2.94. The first kappa shape index (κ1) is 18.3. The van der Waals surface area contributed by atoms with E-state index < -0.39 is 10.8 Å². The highest BCUT2D eigenvalue weighted by Gasteiger charge is 2.19. The lowest BCUT2D eigenvalue weighted by molar-refractivity contribution is -0.385. The third-order valence-electron chi connectivity index (χ3n) is 4.34. The molecular formula is C20H19N3O4. The van der Waals surface area contributed by atoms with E-state index in [0.29, 0.717) is 16.8 Å². The summed E-state index contributed by atoms with van der Waals surface area (Å²) in [7, 11) is 0. The summed E-state index contributed by atoms with van der Waals surface area (Å²) in [4.78, 5) is 36.7. The van der Waals surface area contributed by atoms with Gasteiger partial charge in [0.15, 0.2) is 0 Å². The highest BCUT2D eigenvalue weighted by molar-refractivity contribution is 6.02. The monoisotopic (exact) mass is 365 g/mol. The molecule has 2 aromatic carbocycles. The van der Waals surface area contributed by atoms with Crippen LogP contribution in [0.3, 0.4) is 0 Å². The van der Waals surface area contributed by atoms with Crippen LogP contribution in [-0.4, -0.2) is 34.7 Å². The minimum Gasteiger partial charge on any atom is -0.339 e. The van der Waals surface area contributed by atoms with Gasteiger partial charge in [0, 0.05) is 36.5 Å². The van der Waals surface area contributed by atoms with Crippen LogP contribution in [0.15, 0.2) is 54.6 Å². The van der Waals surface area contributed by atoms with E-state index in [2.05, 4.69) is 5.32 Å². The van der Waals surface area contributed by atoms with E-state index in [1.165, 1.54) is 18.2 Å². The average Bonchev–Trinajstić information content (AvgIpc) is 3.21. The van der Waals surface area contributed by atoms with Gasteiger partial charge in [-0.1, -0.05) is 12.1 Å². The Labute approximate surface area is 156 Å². The molecule has 0 bridgehead atoms. The van der Waals surface area contributed by atoms with Gasteiger partial charge in [0.25, 0.3) is 11.6 Å². The number of nitrogens with one attached hydrogen (secondary N) is 1. The minimum absolute atomic E-state index is 0.00154. The second-order valence-electron chi connectivity index (χ2n) is 6.22. The van der Waals surface area contributed by atoms with E-state index in [9.17, 15) is 19.7 Å². The number of para-hydroxylation sites is 1. The molecule has 1 saturated heterocycles. The Morgan fingerprint density at radius 2 is 1.70 bits per heavy atom. The van der Waals surface area contributed by atoms with Gasteiger partial charge < -0.3 is 10.2 Å². The first-order valence-corrected chi connectivity index (χ1v) is 8.66. The number of benzene rings is 2. The van der Waals surface area contributed by atoms with E-state index in [1.54, 1.807) is 42.5 Å². The fraction of sp³-hybridized carbons (Fsp3) is 0.200. The van der Waals surface area contributed by atoms with Crippen LogP contribution in [0.4, 0.5) is 11.4 Å². The van der Waals surface area contributed by atoms with Gasteiger partial charge in [-0.25, -0.2) is 0 Å². The Morgan fingerprint density at radius 1 is 1.04 bits per heavy atom. The quantitative estimate of drug-likeness (QED) is 0.499. The van der Waals surface area contributed by atoms with Crippen LogP contribution in [0.1, 0.15) is 28.8 Å². The third-order valence-corrected chi connectivity index (χ3v) is 4.34. The summed E-state index contributed by atoms with van der Waals surface area (Å²) in [6.45, 7) is 1.57. The Morgan fingerprint density at radius 3 is 2.37 bits per heavy atom. The maximum atomic E-state index is 12.3. The van der Waals surface area contributed by atoms with Crippen LogP contribution in [0, 0.1) is 10.1 Å². The molecule has 0 aromatic heterocycles. The van der Waals surface area contributed by atoms with Gasteiger partial charge in [0.1, 0.15) is 0 Å². The lowest BCUT2D eigenvalue weighted by Gasteiger charge is -2.15. The van der Waals surface area contributed by atoms with E-state index in [1.807, 2.05) is 4.90 Å². The molecule has 7 nitrogen and oxygen atoms in total. The van der Waals surface area contributed by atoms with Crippen LogP contribution in [0.2, 0.25) is 0 Å². The van der Waals surface area contributed by atoms with Crippen molar-refractivity contribution >= 4 is 29.3 Å². The van der Waals surface area contributed by atoms with Crippen LogP contribution in [0.5, 0.6) is 0 Å². The molecule has 3 rings (SSSR count). The predicted molar refractivity (Wildman–Crippen MR) is 102 cm³/mol. The Balaban J connectivity index is 1.63. The predicted octanol–water partition coefficient (Wildman–Crippen LogP) is 3.48. The molecule has 0 atom stereocenters. The van der Waals surface area contributed by atoms with Crippen LogP contribution >= 0.6 is 0 Å². The molecule has 1 heterocycles. The van der Waals surface area contributed by atoms with E-state index in [0.717, 1.165) is 25.9 Å². The number of carbonyl (C=O) groups excluding carboxylic acids is 2. The van der Waals surface area contributed by atoms with Gasteiger partial charge in [0.05, 0.1) is 10.5 Å². The topological polar surface area (TPSA) is 92.5 Å². The number of anilines is 1. The second-order valence-corrected chi connectivity index (χ2v) is 6.22. The van der Waals surface area contributed by atoms with Gasteiger partial charge in [-0.15, -0.1) is 0 Å². The molecule has 0 spiro atoms. The zero-order chi connectivity index (χ0) is 19.2. The zero-order valence-corrected chi connectivity index (χ0v) is 14.6. The molecule has 27 heavy (non-hydrogen) atoms. The molecule has 1 aliphatic rings. The summed E-state index contributed by atoms with van der Waals surface area (Å²) in [5.74, 6) is -0.409. The maximum absolute atomic E-state index is 12.3. The number of hydrogen-bond donors (Lipinski definition) is 1. The fourth-order valence-corrected chi connectivity index (χ4v) is 2.94. The summed E-state index contributed by atoms with van der Waals surface area (Å²) in [6, 6.07) is 12.9. The molecule has 0 saturated carbocycles. The number of hydrogen-bond acceptors (Lipinski definition) is 4. The van der Waals surface area contributed by atoms with Crippen molar-refractivity contribution in [3.05, 3.63) is 75.8 Å². The average molecular weight is 365 g/mol. The van der Waals surface area contributed by atoms with Gasteiger partial charge in [-0.3, -0.25) is 19.7 Å². The molecule has 2 aromatic rings. The Kier molecular flexibility index (Phi) is 5.61. The molecule has 0 unspecified atom stereocenters. The highest BCUT2D eigenvalue weighted by Crippen LogP contribution is 2.19. The molecule has 2 amide bonds. The van der Waals surface area contributed by atoms with Crippen LogP contribution in [0.25, 0.3) is 6.08 Å². The summed E-state index contributed by atoms with van der Waals surface area (Å²) in [5, 5.41) is 13.7. The zero-order valence-electron chi connectivity index (χ0n) is 14.6. The first-order chi connectivity index (χ1) is 13.0. The molecule has 138 valence electrons. The standard InChI is InChI=1S/C20H19N3O4/c24-19(12-9-15-5-1-2-6-18(15)23(26)27)21-17-10-7-16(8-11-17)20(25)22-13-3-4-14-22/h1-2,5-12H,3-4,13-14H2,(H,21,24)/b12-9+. The van der Waals surface area contributed by atoms with Crippen LogP contribution < -0.4 is 5.32 Å². The van der Waals surface area contributed by atoms with Gasteiger partial charge in [-0.05, 0) is 49.2 Å². The van der Waals surface area contributed by atoms with E-state index in [-0.39, 0.29) is 11.6 Å². The normalized spacial score (nSPS) is 13.7. The highest BCUT2D eigenvalue weighted by atomic mass is 16.6. The molecule has 1 aliphatic heterocycles. The summed E-state index contributed by atoms with van der Waals surface area (Å²) < 4.78 is 0. The number of rotatable bonds is 5. The van der Waals surface area contributed by atoms with Crippen molar-refractivity contribution in [3.8, 4) is 0 Å². The van der Waals surface area contributed by atoms with Crippen molar-refractivity contribution in [3.63, 3.8) is 0 Å². The number of nitro groups is 1. The molecule has 1 N–H and O–H groups in total. The molecular weight excluding hydrogens is 346 g/mol. The van der Waals surface area contributed by atoms with Crippen molar-refractivity contribution in [2.45, 2.75) is 12.8 Å². The van der Waals surface area contributed by atoms with Crippen molar-refractivity contribution in [1.29, 1.82) is 0 Å². The number of likely N-dealkylation sites (tertiary alicyclic amines) is 1. The lowest BCUT2D eigenvalue weighted by atomic mass is 10.1. The van der Waals surface area contributed by atoms with Crippen molar-refractivity contribution in [2.24, 2.45) is 0 Å². The Hall–Kier alpha value is -3.48. The summed E-state index contributed by atoms with van der Waals surface area (Å²) in [6.07, 6.45) is 4.71. The summed E-state index contributed by atoms with van der Waals surface area (Å²) >= 11 is 0. The first-order valence-electron chi connectivity index (χ1n) is 8.66. The van der Waals surface area contributed by atoms with E-state index in [4.69, 9.17) is 0 Å². The van der Waals surface area contributed by atoms with Gasteiger partial charge in [0.2, 0.25) is 5.91 Å². The van der Waals surface area contributed by atoms with Crippen molar-refractivity contribution < 1.29 is 14.5 Å². The number of carbonyl (C=O) groups is 2. The van der Waals surface area contributed by atoms with Gasteiger partial charge in [-0.2, -0.15) is 0 Å². The molecule has 0 aliphatic carbocycles. The van der Waals surface area contributed by atoms with Crippen molar-refractivity contribution in [2.75, 3.05) is 18.4 Å². The Bertz CT molecular complexity index is 884. The number of amides is 2. The SMILES string of the molecule is O=C(/C=C/c1ccccc1[N+](=O)[O-])Nc1ccc(C(=O)N2CCCC2)cc1. The number of nitrogens with zero attached hydrogens (tertiary/aromatic N) is 2.